The van der Waals surface area contributed by atoms with Crippen molar-refractivity contribution in [3.8, 4) is 5.75 Å². The molecule has 6 heteroatoms. The average Bonchev–Trinajstić information content (AvgIpc) is 2.29. The number of carbonyl (C=O) groups is 2. The fourth-order valence-electron chi connectivity index (χ4n) is 1.12. The van der Waals surface area contributed by atoms with Gasteiger partial charge in [0, 0.05) is 11.6 Å². The molecule has 1 aromatic rings. The summed E-state index contributed by atoms with van der Waals surface area (Å²) in [4.78, 5) is 21.9. The van der Waals surface area contributed by atoms with Gasteiger partial charge in [-0.3, -0.25) is 4.79 Å². The van der Waals surface area contributed by atoms with Crippen molar-refractivity contribution in [1.29, 1.82) is 0 Å². The molecule has 90 valence electrons. The van der Waals surface area contributed by atoms with Gasteiger partial charge in [-0.25, -0.2) is 4.79 Å². The van der Waals surface area contributed by atoms with Crippen LogP contribution in [0.2, 0.25) is 10.0 Å². The largest absolute Gasteiger partial charge is 0.495 e. The van der Waals surface area contributed by atoms with Gasteiger partial charge in [0.2, 0.25) is 0 Å². The molecule has 0 bridgehead atoms. The van der Waals surface area contributed by atoms with Gasteiger partial charge in [-0.1, -0.05) is 23.2 Å². The first-order valence-electron chi connectivity index (χ1n) is 4.44. The van der Waals surface area contributed by atoms with Crippen LogP contribution in [0.4, 0.5) is 0 Å². The predicted octanol–water partition coefficient (Wildman–Crippen LogP) is 2.83. The molecule has 0 radical (unpaired) electrons. The number of carboxylic acids is 1. The van der Waals surface area contributed by atoms with Crippen molar-refractivity contribution in [2.45, 2.75) is 0 Å². The van der Waals surface area contributed by atoms with E-state index in [-0.39, 0.29) is 15.6 Å². The summed E-state index contributed by atoms with van der Waals surface area (Å²) < 4.78 is 4.92. The quantitative estimate of drug-likeness (QED) is 0.677. The van der Waals surface area contributed by atoms with Crippen LogP contribution in [0.15, 0.2) is 24.3 Å². The molecule has 0 spiro atoms. The molecule has 1 N–H and O–H groups in total. The SMILES string of the molecule is COc1ccc(C(=O)/C=C/C(=O)O)c(Cl)c1Cl. The smallest absolute Gasteiger partial charge is 0.328 e. The van der Waals surface area contributed by atoms with E-state index < -0.39 is 11.8 Å². The van der Waals surface area contributed by atoms with Crippen molar-refractivity contribution in [2.24, 2.45) is 0 Å². The first kappa shape index (κ1) is 13.5. The fraction of sp³-hybridized carbons (Fsp3) is 0.0909. The third-order valence-electron chi connectivity index (χ3n) is 1.91. The van der Waals surface area contributed by atoms with Gasteiger partial charge in [-0.2, -0.15) is 0 Å². The van der Waals surface area contributed by atoms with Gasteiger partial charge >= 0.3 is 5.97 Å². The van der Waals surface area contributed by atoms with Crippen molar-refractivity contribution in [3.63, 3.8) is 0 Å². The number of carboxylic acid groups (broad SMARTS) is 1. The van der Waals surface area contributed by atoms with E-state index in [1.807, 2.05) is 0 Å². The van der Waals surface area contributed by atoms with Crippen LogP contribution in [-0.4, -0.2) is 24.0 Å². The second-order valence-corrected chi connectivity index (χ2v) is 3.74. The minimum absolute atomic E-state index is 0.0334. The lowest BCUT2D eigenvalue weighted by molar-refractivity contribution is -0.131. The summed E-state index contributed by atoms with van der Waals surface area (Å²) in [5.41, 5.74) is 0.120. The van der Waals surface area contributed by atoms with Crippen LogP contribution in [0, 0.1) is 0 Å². The van der Waals surface area contributed by atoms with Crippen molar-refractivity contribution in [2.75, 3.05) is 7.11 Å². The Labute approximate surface area is 107 Å². The Morgan fingerprint density at radius 2 is 1.88 bits per heavy atom. The molecule has 0 saturated heterocycles. The molecule has 0 aromatic heterocycles. The Bertz CT molecular complexity index is 494. The highest BCUT2D eigenvalue weighted by molar-refractivity contribution is 6.45. The van der Waals surface area contributed by atoms with Gasteiger partial charge < -0.3 is 9.84 Å². The molecule has 0 aliphatic rings. The zero-order chi connectivity index (χ0) is 13.0. The maximum absolute atomic E-state index is 11.6. The number of ketones is 1. The van der Waals surface area contributed by atoms with Crippen LogP contribution in [-0.2, 0) is 4.79 Å². The van der Waals surface area contributed by atoms with Crippen molar-refractivity contribution in [1.82, 2.24) is 0 Å². The maximum Gasteiger partial charge on any atom is 0.328 e. The van der Waals surface area contributed by atoms with E-state index in [4.69, 9.17) is 33.0 Å². The molecule has 1 aromatic carbocycles. The highest BCUT2D eigenvalue weighted by atomic mass is 35.5. The molecule has 1 rings (SSSR count). The predicted molar refractivity (Wildman–Crippen MR) is 64.1 cm³/mol. The molecule has 0 unspecified atom stereocenters. The number of methoxy groups -OCH3 is 1. The van der Waals surface area contributed by atoms with Gasteiger partial charge in [0.05, 0.1) is 12.1 Å². The second-order valence-electron chi connectivity index (χ2n) is 2.98. The second kappa shape index (κ2) is 5.70. The fourth-order valence-corrected chi connectivity index (χ4v) is 1.61. The highest BCUT2D eigenvalue weighted by Gasteiger charge is 2.14. The number of allylic oxidation sites excluding steroid dienone is 1. The highest BCUT2D eigenvalue weighted by Crippen LogP contribution is 2.34. The van der Waals surface area contributed by atoms with E-state index in [9.17, 15) is 9.59 Å². The Kier molecular flexibility index (Phi) is 4.54. The lowest BCUT2D eigenvalue weighted by Gasteiger charge is -2.07. The molecule has 0 heterocycles. The van der Waals surface area contributed by atoms with Crippen LogP contribution in [0.5, 0.6) is 5.75 Å². The number of ether oxygens (including phenoxy) is 1. The molecule has 0 saturated carbocycles. The van der Waals surface area contributed by atoms with Crippen LogP contribution in [0.1, 0.15) is 10.4 Å². The van der Waals surface area contributed by atoms with Gasteiger partial charge in [0.1, 0.15) is 10.8 Å². The number of halogens is 2. The van der Waals surface area contributed by atoms with Crippen molar-refractivity contribution >= 4 is 35.0 Å². The zero-order valence-corrected chi connectivity index (χ0v) is 10.2. The topological polar surface area (TPSA) is 63.6 Å². The number of rotatable bonds is 4. The summed E-state index contributed by atoms with van der Waals surface area (Å²) in [6.07, 6.45) is 1.64. The summed E-state index contributed by atoms with van der Waals surface area (Å²) in [7, 11) is 1.42. The molecule has 17 heavy (non-hydrogen) atoms. The maximum atomic E-state index is 11.6. The van der Waals surface area contributed by atoms with E-state index in [0.717, 1.165) is 12.2 Å². The summed E-state index contributed by atoms with van der Waals surface area (Å²) in [6, 6.07) is 2.90. The van der Waals surface area contributed by atoms with E-state index >= 15 is 0 Å². The lowest BCUT2D eigenvalue weighted by atomic mass is 10.1. The van der Waals surface area contributed by atoms with Crippen molar-refractivity contribution < 1.29 is 19.4 Å². The summed E-state index contributed by atoms with van der Waals surface area (Å²) in [6.45, 7) is 0. The third kappa shape index (κ3) is 3.22. The van der Waals surface area contributed by atoms with E-state index in [1.165, 1.54) is 19.2 Å². The normalized spacial score (nSPS) is 10.5. The van der Waals surface area contributed by atoms with Gasteiger partial charge in [0.15, 0.2) is 5.78 Å². The van der Waals surface area contributed by atoms with Crippen molar-refractivity contribution in [3.05, 3.63) is 39.9 Å². The number of hydrogen-bond donors (Lipinski definition) is 1. The molecular formula is C11H8Cl2O4. The minimum atomic E-state index is -1.21. The zero-order valence-electron chi connectivity index (χ0n) is 8.74. The minimum Gasteiger partial charge on any atom is -0.495 e. The van der Waals surface area contributed by atoms with Gasteiger partial charge in [0.25, 0.3) is 0 Å². The number of carbonyl (C=O) groups excluding carboxylic acids is 1. The molecule has 0 amide bonds. The van der Waals surface area contributed by atoms with Gasteiger partial charge in [-0.05, 0) is 18.2 Å². The van der Waals surface area contributed by atoms with E-state index in [1.54, 1.807) is 0 Å². The standard InChI is InChI=1S/C11H8Cl2O4/c1-17-8-4-2-6(10(12)11(8)13)7(14)3-5-9(15)16/h2-5H,1H3,(H,15,16)/b5-3+. The summed E-state index contributed by atoms with van der Waals surface area (Å²) in [5, 5.41) is 8.55. The van der Waals surface area contributed by atoms with Crippen LogP contribution < -0.4 is 4.74 Å². The van der Waals surface area contributed by atoms with Crippen LogP contribution >= 0.6 is 23.2 Å². The average molecular weight is 275 g/mol. The molecule has 0 aliphatic heterocycles. The summed E-state index contributed by atoms with van der Waals surface area (Å²) in [5.74, 6) is -1.41. The number of benzene rings is 1. The first-order chi connectivity index (χ1) is 7.97. The monoisotopic (exact) mass is 274 g/mol. The van der Waals surface area contributed by atoms with Gasteiger partial charge in [-0.15, -0.1) is 0 Å². The van der Waals surface area contributed by atoms with E-state index in [2.05, 4.69) is 0 Å². The Morgan fingerprint density at radius 3 is 2.41 bits per heavy atom. The molecule has 0 atom stereocenters. The van der Waals surface area contributed by atoms with Crippen LogP contribution in [0.25, 0.3) is 0 Å². The summed E-state index contributed by atoms with van der Waals surface area (Å²) >= 11 is 11.7. The van der Waals surface area contributed by atoms with Crippen LogP contribution in [0.3, 0.4) is 0 Å². The molecule has 0 aliphatic carbocycles. The Hall–Kier alpha value is -1.52. The lowest BCUT2D eigenvalue weighted by Crippen LogP contribution is -1.99. The Balaban J connectivity index is 3.12. The Morgan fingerprint density at radius 1 is 1.24 bits per heavy atom. The van der Waals surface area contributed by atoms with E-state index in [0.29, 0.717) is 5.75 Å². The third-order valence-corrected chi connectivity index (χ3v) is 2.77. The molecule has 4 nitrogen and oxygen atoms in total. The number of aliphatic carboxylic acids is 1. The number of hydrogen-bond acceptors (Lipinski definition) is 3. The molecule has 0 fully saturated rings. The first-order valence-corrected chi connectivity index (χ1v) is 5.20. The molecular weight excluding hydrogens is 267 g/mol.